The topological polar surface area (TPSA) is 112 Å². The molecule has 9 nitrogen and oxygen atoms in total. The molecule has 3 aromatic rings. The van der Waals surface area contributed by atoms with Gasteiger partial charge in [-0.3, -0.25) is 9.48 Å². The number of aromatic nitrogens is 4. The second-order valence-electron chi connectivity index (χ2n) is 7.39. The minimum Gasteiger partial charge on any atom is -0.497 e. The SMILES string of the molecule is CCn1nc(CC(N)=O)nc1CC1CCCN(c2nc3cc(OC)ccc3o2)C1. The van der Waals surface area contributed by atoms with Gasteiger partial charge < -0.3 is 19.8 Å². The Labute approximate surface area is 168 Å². The van der Waals surface area contributed by atoms with Gasteiger partial charge in [0.05, 0.1) is 13.5 Å². The number of ether oxygens (including phenoxy) is 1. The molecule has 1 aliphatic heterocycles. The third-order valence-corrected chi connectivity index (χ3v) is 5.27. The van der Waals surface area contributed by atoms with E-state index in [1.54, 1.807) is 7.11 Å². The Morgan fingerprint density at radius 3 is 3.00 bits per heavy atom. The van der Waals surface area contributed by atoms with Crippen molar-refractivity contribution in [3.05, 3.63) is 29.8 Å². The van der Waals surface area contributed by atoms with Crippen LogP contribution in [0.25, 0.3) is 11.1 Å². The number of methoxy groups -OCH3 is 1. The standard InChI is InChI=1S/C20H26N6O3/c1-3-26-19(23-18(24-26)11-17(21)27)9-13-5-4-8-25(12-13)20-22-15-10-14(28-2)6-7-16(15)29-20/h6-7,10,13H,3-5,8-9,11-12H2,1-2H3,(H2,21,27). The molecule has 2 aromatic heterocycles. The van der Waals surface area contributed by atoms with E-state index in [1.165, 1.54) is 0 Å². The van der Waals surface area contributed by atoms with Crippen LogP contribution in [0.5, 0.6) is 5.75 Å². The first-order valence-electron chi connectivity index (χ1n) is 9.96. The summed E-state index contributed by atoms with van der Waals surface area (Å²) in [5, 5.41) is 4.41. The number of carbonyl (C=O) groups excluding carboxylic acids is 1. The molecule has 1 amide bonds. The van der Waals surface area contributed by atoms with Gasteiger partial charge in [0.2, 0.25) is 5.91 Å². The Balaban J connectivity index is 1.49. The number of hydrogen-bond acceptors (Lipinski definition) is 7. The molecule has 1 aliphatic rings. The van der Waals surface area contributed by atoms with Crippen LogP contribution in [-0.2, 0) is 24.2 Å². The Bertz CT molecular complexity index is 1010. The first kappa shape index (κ1) is 19.2. The van der Waals surface area contributed by atoms with Gasteiger partial charge in [-0.1, -0.05) is 0 Å². The molecule has 29 heavy (non-hydrogen) atoms. The predicted octanol–water partition coefficient (Wildman–Crippen LogP) is 1.93. The highest BCUT2D eigenvalue weighted by atomic mass is 16.5. The number of aryl methyl sites for hydroxylation is 1. The molecule has 0 spiro atoms. The van der Waals surface area contributed by atoms with E-state index in [-0.39, 0.29) is 6.42 Å². The van der Waals surface area contributed by atoms with Crippen molar-refractivity contribution in [1.82, 2.24) is 19.7 Å². The van der Waals surface area contributed by atoms with E-state index in [9.17, 15) is 4.79 Å². The average molecular weight is 398 g/mol. The maximum absolute atomic E-state index is 11.2. The maximum atomic E-state index is 11.2. The Kier molecular flexibility index (Phi) is 5.37. The molecule has 1 atom stereocenters. The molecule has 1 unspecified atom stereocenters. The zero-order chi connectivity index (χ0) is 20.4. The Hall–Kier alpha value is -3.10. The second-order valence-corrected chi connectivity index (χ2v) is 7.39. The fraction of sp³-hybridized carbons (Fsp3) is 0.500. The van der Waals surface area contributed by atoms with Crippen LogP contribution < -0.4 is 15.4 Å². The Morgan fingerprint density at radius 2 is 2.24 bits per heavy atom. The lowest BCUT2D eigenvalue weighted by Gasteiger charge is -2.31. The number of nitrogens with zero attached hydrogens (tertiary/aromatic N) is 5. The molecule has 2 N–H and O–H groups in total. The smallest absolute Gasteiger partial charge is 0.298 e. The van der Waals surface area contributed by atoms with E-state index in [0.717, 1.165) is 55.0 Å². The summed E-state index contributed by atoms with van der Waals surface area (Å²) in [7, 11) is 1.64. The van der Waals surface area contributed by atoms with Crippen molar-refractivity contribution in [2.75, 3.05) is 25.1 Å². The van der Waals surface area contributed by atoms with Gasteiger partial charge >= 0.3 is 0 Å². The first-order chi connectivity index (χ1) is 14.1. The summed E-state index contributed by atoms with van der Waals surface area (Å²) in [6.07, 6.45) is 3.03. The number of amides is 1. The van der Waals surface area contributed by atoms with Crippen LogP contribution in [0.3, 0.4) is 0 Å². The first-order valence-corrected chi connectivity index (χ1v) is 9.96. The predicted molar refractivity (Wildman–Crippen MR) is 108 cm³/mol. The van der Waals surface area contributed by atoms with Crippen molar-refractivity contribution in [1.29, 1.82) is 0 Å². The minimum absolute atomic E-state index is 0.0726. The highest BCUT2D eigenvalue weighted by molar-refractivity contribution is 5.76. The molecule has 1 saturated heterocycles. The van der Waals surface area contributed by atoms with Crippen molar-refractivity contribution >= 4 is 23.0 Å². The number of nitrogens with two attached hydrogens (primary N) is 1. The zero-order valence-electron chi connectivity index (χ0n) is 16.8. The molecule has 0 aliphatic carbocycles. The highest BCUT2D eigenvalue weighted by Gasteiger charge is 2.25. The van der Waals surface area contributed by atoms with Crippen molar-refractivity contribution in [3.8, 4) is 5.75 Å². The van der Waals surface area contributed by atoms with Gasteiger partial charge in [0.1, 0.15) is 17.1 Å². The molecule has 4 rings (SSSR count). The summed E-state index contributed by atoms with van der Waals surface area (Å²) in [6.45, 7) is 4.48. The van der Waals surface area contributed by atoms with Crippen LogP contribution in [-0.4, -0.2) is 45.9 Å². The molecule has 1 fully saturated rings. The maximum Gasteiger partial charge on any atom is 0.298 e. The van der Waals surface area contributed by atoms with Gasteiger partial charge in [0.25, 0.3) is 6.01 Å². The number of oxazole rings is 1. The van der Waals surface area contributed by atoms with E-state index in [2.05, 4.69) is 20.0 Å². The Morgan fingerprint density at radius 1 is 1.38 bits per heavy atom. The van der Waals surface area contributed by atoms with Crippen LogP contribution >= 0.6 is 0 Å². The van der Waals surface area contributed by atoms with Crippen LogP contribution in [0.15, 0.2) is 22.6 Å². The third-order valence-electron chi connectivity index (χ3n) is 5.27. The van der Waals surface area contributed by atoms with E-state index < -0.39 is 5.91 Å². The normalized spacial score (nSPS) is 17.0. The van der Waals surface area contributed by atoms with Crippen molar-refractivity contribution in [3.63, 3.8) is 0 Å². The van der Waals surface area contributed by atoms with Gasteiger partial charge in [0, 0.05) is 32.1 Å². The average Bonchev–Trinajstić information content (AvgIpc) is 3.30. The lowest BCUT2D eigenvalue weighted by Crippen LogP contribution is -2.36. The molecule has 0 saturated carbocycles. The summed E-state index contributed by atoms with van der Waals surface area (Å²) < 4.78 is 13.1. The van der Waals surface area contributed by atoms with Gasteiger partial charge in [-0.15, -0.1) is 0 Å². The number of primary amides is 1. The second kappa shape index (κ2) is 8.10. The van der Waals surface area contributed by atoms with Crippen LogP contribution in [0.4, 0.5) is 6.01 Å². The zero-order valence-corrected chi connectivity index (χ0v) is 16.8. The number of carbonyl (C=O) groups is 1. The lowest BCUT2D eigenvalue weighted by atomic mass is 9.94. The number of anilines is 1. The van der Waals surface area contributed by atoms with Crippen LogP contribution in [0.2, 0.25) is 0 Å². The fourth-order valence-corrected chi connectivity index (χ4v) is 3.88. The van der Waals surface area contributed by atoms with Crippen LogP contribution in [0, 0.1) is 5.92 Å². The minimum atomic E-state index is -0.416. The number of rotatable bonds is 7. The van der Waals surface area contributed by atoms with Crippen molar-refractivity contribution < 1.29 is 13.9 Å². The van der Waals surface area contributed by atoms with E-state index in [4.69, 9.17) is 14.9 Å². The lowest BCUT2D eigenvalue weighted by molar-refractivity contribution is -0.117. The fourth-order valence-electron chi connectivity index (χ4n) is 3.88. The molecular formula is C20H26N6O3. The van der Waals surface area contributed by atoms with Crippen molar-refractivity contribution in [2.45, 2.75) is 39.2 Å². The quantitative estimate of drug-likeness (QED) is 0.647. The molecular weight excluding hydrogens is 372 g/mol. The van der Waals surface area contributed by atoms with E-state index in [1.807, 2.05) is 29.8 Å². The molecule has 0 bridgehead atoms. The van der Waals surface area contributed by atoms with Crippen molar-refractivity contribution in [2.24, 2.45) is 11.7 Å². The number of hydrogen-bond donors (Lipinski definition) is 1. The summed E-state index contributed by atoms with van der Waals surface area (Å²) >= 11 is 0. The number of fused-ring (bicyclic) bond motifs is 1. The number of benzene rings is 1. The summed E-state index contributed by atoms with van der Waals surface area (Å²) in [6, 6.07) is 6.28. The largest absolute Gasteiger partial charge is 0.497 e. The molecule has 1 aromatic carbocycles. The molecule has 3 heterocycles. The van der Waals surface area contributed by atoms with Gasteiger partial charge in [-0.05, 0) is 37.8 Å². The molecule has 0 radical (unpaired) electrons. The van der Waals surface area contributed by atoms with Crippen LogP contribution in [0.1, 0.15) is 31.4 Å². The summed E-state index contributed by atoms with van der Waals surface area (Å²) in [5.41, 5.74) is 6.83. The van der Waals surface area contributed by atoms with Gasteiger partial charge in [0.15, 0.2) is 11.4 Å². The molecule has 9 heteroatoms. The third kappa shape index (κ3) is 4.18. The summed E-state index contributed by atoms with van der Waals surface area (Å²) in [5.74, 6) is 2.15. The van der Waals surface area contributed by atoms with Gasteiger partial charge in [-0.2, -0.15) is 10.1 Å². The number of piperidine rings is 1. The van der Waals surface area contributed by atoms with Gasteiger partial charge in [-0.25, -0.2) is 4.98 Å². The summed E-state index contributed by atoms with van der Waals surface area (Å²) in [4.78, 5) is 22.6. The molecule has 154 valence electrons. The van der Waals surface area contributed by atoms with E-state index in [0.29, 0.717) is 24.3 Å². The highest BCUT2D eigenvalue weighted by Crippen LogP contribution is 2.29. The monoisotopic (exact) mass is 398 g/mol. The van der Waals surface area contributed by atoms with E-state index >= 15 is 0 Å².